The summed E-state index contributed by atoms with van der Waals surface area (Å²) in [6.45, 7) is 4.44. The number of quaternary nitrogens is 1. The average Bonchev–Trinajstić information content (AvgIpc) is 2.89. The predicted octanol–water partition coefficient (Wildman–Crippen LogP) is 5.29. The van der Waals surface area contributed by atoms with E-state index in [0.29, 0.717) is 12.8 Å². The lowest BCUT2D eigenvalue weighted by Crippen LogP contribution is -2.55. The number of hydrogen-bond donors (Lipinski definition) is 0. The van der Waals surface area contributed by atoms with Crippen LogP contribution >= 0.6 is 0 Å². The van der Waals surface area contributed by atoms with Gasteiger partial charge >= 0.3 is 11.9 Å². The summed E-state index contributed by atoms with van der Waals surface area (Å²) >= 11 is 0. The minimum Gasteiger partial charge on any atom is -0.544 e. The lowest BCUT2D eigenvalue weighted by Gasteiger charge is -2.34. The van der Waals surface area contributed by atoms with Crippen LogP contribution in [0.15, 0.2) is 24.3 Å². The standard InChI is InChI=1S/C32H57NO7/c1-6-8-10-12-14-15-17-19-21-23-31(35)40-28(26-38-25-24-29(32(36)37)33(3,4)5)27-39-30(34)22-20-18-16-13-11-9-7-2/h15-18,28-29H,6-14,19-27H2,1-5H3/b17-15+,18-16+. The molecule has 8 nitrogen and oxygen atoms in total. The third-order valence-electron chi connectivity index (χ3n) is 6.57. The second-order valence-electron chi connectivity index (χ2n) is 11.3. The second kappa shape index (κ2) is 24.6. The summed E-state index contributed by atoms with van der Waals surface area (Å²) in [5, 5.41) is 11.5. The molecule has 0 spiro atoms. The van der Waals surface area contributed by atoms with Crippen LogP contribution < -0.4 is 5.11 Å². The van der Waals surface area contributed by atoms with Crippen LogP contribution in [0.2, 0.25) is 0 Å². The van der Waals surface area contributed by atoms with Crippen molar-refractivity contribution in [1.29, 1.82) is 0 Å². The third kappa shape index (κ3) is 22.6. The summed E-state index contributed by atoms with van der Waals surface area (Å²) in [7, 11) is 5.35. The van der Waals surface area contributed by atoms with Crippen LogP contribution in [0.3, 0.4) is 0 Å². The zero-order chi connectivity index (χ0) is 30.1. The fourth-order valence-electron chi connectivity index (χ4n) is 4.09. The van der Waals surface area contributed by atoms with Gasteiger partial charge in [0.25, 0.3) is 0 Å². The van der Waals surface area contributed by atoms with Crippen LogP contribution in [-0.2, 0) is 28.6 Å². The lowest BCUT2D eigenvalue weighted by molar-refractivity contribution is -0.889. The first-order chi connectivity index (χ1) is 19.1. The molecule has 0 aromatic rings. The van der Waals surface area contributed by atoms with Gasteiger partial charge in [-0.3, -0.25) is 9.59 Å². The largest absolute Gasteiger partial charge is 0.544 e. The van der Waals surface area contributed by atoms with Crippen molar-refractivity contribution in [3.05, 3.63) is 24.3 Å². The molecule has 232 valence electrons. The Hall–Kier alpha value is -2.19. The summed E-state index contributed by atoms with van der Waals surface area (Å²) in [6, 6.07) is -0.728. The first-order valence-corrected chi connectivity index (χ1v) is 15.4. The van der Waals surface area contributed by atoms with Crippen molar-refractivity contribution in [2.24, 2.45) is 0 Å². The maximum atomic E-state index is 12.4. The summed E-state index contributed by atoms with van der Waals surface area (Å²) in [5.41, 5.74) is 0. The van der Waals surface area contributed by atoms with E-state index in [2.05, 4.69) is 32.1 Å². The van der Waals surface area contributed by atoms with E-state index in [1.54, 1.807) is 21.1 Å². The molecular weight excluding hydrogens is 510 g/mol. The number of hydrogen-bond acceptors (Lipinski definition) is 7. The predicted molar refractivity (Wildman–Crippen MR) is 157 cm³/mol. The van der Waals surface area contributed by atoms with E-state index < -0.39 is 18.1 Å². The quantitative estimate of drug-likeness (QED) is 0.0606. The molecule has 0 aliphatic carbocycles. The number of likely N-dealkylation sites (N-methyl/N-ethyl adjacent to an activating group) is 1. The Morgan fingerprint density at radius 1 is 0.725 bits per heavy atom. The molecule has 0 radical (unpaired) electrons. The molecule has 0 aliphatic rings. The van der Waals surface area contributed by atoms with Crippen LogP contribution in [0.25, 0.3) is 0 Å². The maximum Gasteiger partial charge on any atom is 0.306 e. The Labute approximate surface area is 243 Å². The Balaban J connectivity index is 4.63. The molecular formula is C32H57NO7. The van der Waals surface area contributed by atoms with Gasteiger partial charge in [0.1, 0.15) is 12.6 Å². The molecule has 0 amide bonds. The number of allylic oxidation sites excluding steroid dienone is 4. The van der Waals surface area contributed by atoms with Gasteiger partial charge in [-0.15, -0.1) is 0 Å². The highest BCUT2D eigenvalue weighted by molar-refractivity contribution is 5.70. The lowest BCUT2D eigenvalue weighted by atomic mass is 10.1. The van der Waals surface area contributed by atoms with Crippen molar-refractivity contribution in [2.75, 3.05) is 41.0 Å². The zero-order valence-electron chi connectivity index (χ0n) is 26.0. The molecule has 0 aromatic heterocycles. The zero-order valence-corrected chi connectivity index (χ0v) is 26.0. The highest BCUT2D eigenvalue weighted by Crippen LogP contribution is 2.10. The monoisotopic (exact) mass is 567 g/mol. The van der Waals surface area contributed by atoms with Crippen molar-refractivity contribution < 1.29 is 38.2 Å². The molecule has 0 aromatic carbocycles. The van der Waals surface area contributed by atoms with Crippen molar-refractivity contribution >= 4 is 17.9 Å². The first-order valence-electron chi connectivity index (χ1n) is 15.4. The molecule has 0 rings (SSSR count). The first kappa shape index (κ1) is 37.8. The molecule has 40 heavy (non-hydrogen) atoms. The third-order valence-corrected chi connectivity index (χ3v) is 6.57. The van der Waals surface area contributed by atoms with E-state index in [9.17, 15) is 19.5 Å². The molecule has 0 fully saturated rings. The highest BCUT2D eigenvalue weighted by atomic mass is 16.6. The fraction of sp³-hybridized carbons (Fsp3) is 0.781. The van der Waals surface area contributed by atoms with E-state index in [-0.39, 0.29) is 55.5 Å². The number of esters is 2. The van der Waals surface area contributed by atoms with Crippen molar-refractivity contribution in [3.63, 3.8) is 0 Å². The number of carbonyl (C=O) groups excluding carboxylic acids is 3. The number of rotatable bonds is 26. The molecule has 0 heterocycles. The molecule has 0 saturated heterocycles. The van der Waals surface area contributed by atoms with Gasteiger partial charge in [-0.05, 0) is 44.9 Å². The highest BCUT2D eigenvalue weighted by Gasteiger charge is 2.25. The summed E-state index contributed by atoms with van der Waals surface area (Å²) in [5.74, 6) is -1.86. The van der Waals surface area contributed by atoms with Gasteiger partial charge in [-0.1, -0.05) is 70.3 Å². The topological polar surface area (TPSA) is 102 Å². The van der Waals surface area contributed by atoms with E-state index in [1.165, 1.54) is 38.5 Å². The van der Waals surface area contributed by atoms with Gasteiger partial charge in [-0.25, -0.2) is 0 Å². The smallest absolute Gasteiger partial charge is 0.306 e. The minimum absolute atomic E-state index is 0.0188. The van der Waals surface area contributed by atoms with E-state index in [4.69, 9.17) is 14.2 Å². The summed E-state index contributed by atoms with van der Waals surface area (Å²) < 4.78 is 16.8. The summed E-state index contributed by atoms with van der Waals surface area (Å²) in [4.78, 5) is 36.1. The molecule has 2 atom stereocenters. The maximum absolute atomic E-state index is 12.4. The van der Waals surface area contributed by atoms with E-state index in [1.807, 2.05) is 6.08 Å². The molecule has 0 aliphatic heterocycles. The van der Waals surface area contributed by atoms with Crippen LogP contribution in [0.1, 0.15) is 110 Å². The van der Waals surface area contributed by atoms with Gasteiger partial charge < -0.3 is 28.6 Å². The minimum atomic E-state index is -1.14. The van der Waals surface area contributed by atoms with Crippen molar-refractivity contribution in [1.82, 2.24) is 0 Å². The molecule has 0 bridgehead atoms. The Morgan fingerprint density at radius 2 is 1.30 bits per heavy atom. The van der Waals surface area contributed by atoms with Crippen molar-refractivity contribution in [3.8, 4) is 0 Å². The summed E-state index contributed by atoms with van der Waals surface area (Å²) in [6.07, 6.45) is 21.0. The number of carbonyl (C=O) groups is 3. The van der Waals surface area contributed by atoms with Gasteiger partial charge in [-0.2, -0.15) is 0 Å². The second-order valence-corrected chi connectivity index (χ2v) is 11.3. The number of aliphatic carboxylic acids is 1. The molecule has 8 heteroatoms. The molecule has 0 saturated carbocycles. The van der Waals surface area contributed by atoms with Crippen LogP contribution in [0.4, 0.5) is 0 Å². The molecule has 2 unspecified atom stereocenters. The van der Waals surface area contributed by atoms with Gasteiger partial charge in [0.05, 0.1) is 40.3 Å². The van der Waals surface area contributed by atoms with E-state index >= 15 is 0 Å². The van der Waals surface area contributed by atoms with E-state index in [0.717, 1.165) is 25.7 Å². The number of carboxylic acids is 1. The number of carboxylic acid groups (broad SMARTS) is 1. The number of nitrogens with zero attached hydrogens (tertiary/aromatic N) is 1. The average molecular weight is 568 g/mol. The Morgan fingerprint density at radius 3 is 1.90 bits per heavy atom. The Kier molecular flexibility index (Phi) is 23.2. The Bertz CT molecular complexity index is 727. The van der Waals surface area contributed by atoms with Gasteiger partial charge in [0.2, 0.25) is 0 Å². The molecule has 0 N–H and O–H groups in total. The van der Waals surface area contributed by atoms with Crippen LogP contribution in [0.5, 0.6) is 0 Å². The number of ether oxygens (including phenoxy) is 3. The van der Waals surface area contributed by atoms with Gasteiger partial charge in [0.15, 0.2) is 6.10 Å². The normalized spacial score (nSPS) is 13.5. The fourth-order valence-corrected chi connectivity index (χ4v) is 4.09. The van der Waals surface area contributed by atoms with Crippen molar-refractivity contribution in [2.45, 2.75) is 122 Å². The number of unbranched alkanes of at least 4 members (excludes halogenated alkanes) is 8. The van der Waals surface area contributed by atoms with Gasteiger partial charge in [0, 0.05) is 19.3 Å². The van der Waals surface area contributed by atoms with Crippen LogP contribution in [-0.4, -0.2) is 75.5 Å². The van der Waals surface area contributed by atoms with Crippen LogP contribution in [0, 0.1) is 0 Å². The SMILES string of the molecule is CCCCC/C=C/CCC(=O)OCC(COCCC(C(=O)[O-])[N+](C)(C)C)OC(=O)CCC/C=C/CCCCCC.